The van der Waals surface area contributed by atoms with Crippen LogP contribution >= 0.6 is 0 Å². The number of aromatic amines is 1. The Morgan fingerprint density at radius 2 is 2.20 bits per heavy atom. The van der Waals surface area contributed by atoms with E-state index in [4.69, 9.17) is 5.26 Å². The van der Waals surface area contributed by atoms with Crippen LogP contribution in [-0.4, -0.2) is 33.8 Å². The number of anilines is 3. The molecule has 0 spiro atoms. The third kappa shape index (κ3) is 2.35. The summed E-state index contributed by atoms with van der Waals surface area (Å²) in [5.74, 6) is -0.0304. The lowest BCUT2D eigenvalue weighted by molar-refractivity contribution is 0.154. The molecule has 7 nitrogen and oxygen atoms in total. The van der Waals surface area contributed by atoms with Gasteiger partial charge in [0.1, 0.15) is 17.5 Å². The SMILES string of the molecule is CNc1nc(N(c2cn[nH]c2C)C(F)F)ncc1C#N. The summed E-state index contributed by atoms with van der Waals surface area (Å²) >= 11 is 0. The van der Waals surface area contributed by atoms with Crippen molar-refractivity contribution in [2.24, 2.45) is 0 Å². The number of halogens is 2. The molecule has 2 heterocycles. The van der Waals surface area contributed by atoms with Gasteiger partial charge in [0.05, 0.1) is 23.8 Å². The number of hydrogen-bond acceptors (Lipinski definition) is 6. The second-order valence-electron chi connectivity index (χ2n) is 3.82. The fourth-order valence-corrected chi connectivity index (χ4v) is 1.65. The van der Waals surface area contributed by atoms with Crippen LogP contribution in [0.3, 0.4) is 0 Å². The molecule has 0 saturated carbocycles. The number of alkyl halides is 2. The molecule has 0 saturated heterocycles. The minimum absolute atomic E-state index is 0.173. The number of rotatable bonds is 4. The van der Waals surface area contributed by atoms with Gasteiger partial charge in [0.15, 0.2) is 0 Å². The predicted octanol–water partition coefficient (Wildman–Crippen LogP) is 1.78. The zero-order valence-electron chi connectivity index (χ0n) is 10.7. The maximum absolute atomic E-state index is 13.3. The highest BCUT2D eigenvalue weighted by Gasteiger charge is 2.25. The van der Waals surface area contributed by atoms with Crippen LogP contribution < -0.4 is 10.2 Å². The van der Waals surface area contributed by atoms with E-state index in [1.807, 2.05) is 6.07 Å². The minimum Gasteiger partial charge on any atom is -0.372 e. The summed E-state index contributed by atoms with van der Waals surface area (Å²) in [6.07, 6.45) is 2.46. The lowest BCUT2D eigenvalue weighted by Crippen LogP contribution is -2.26. The number of aryl methyl sites for hydroxylation is 1. The maximum Gasteiger partial charge on any atom is 0.321 e. The Morgan fingerprint density at radius 3 is 2.70 bits per heavy atom. The summed E-state index contributed by atoms with van der Waals surface area (Å²) in [6.45, 7) is -1.23. The molecule has 0 aliphatic rings. The summed E-state index contributed by atoms with van der Waals surface area (Å²) in [6, 6.07) is 1.88. The molecule has 0 radical (unpaired) electrons. The smallest absolute Gasteiger partial charge is 0.321 e. The van der Waals surface area contributed by atoms with Gasteiger partial charge in [-0.2, -0.15) is 24.1 Å². The van der Waals surface area contributed by atoms with Gasteiger partial charge < -0.3 is 5.32 Å². The van der Waals surface area contributed by atoms with Gasteiger partial charge in [-0.25, -0.2) is 9.88 Å². The summed E-state index contributed by atoms with van der Waals surface area (Å²) in [4.78, 5) is 8.39. The van der Waals surface area contributed by atoms with Gasteiger partial charge in [-0.05, 0) is 6.92 Å². The summed E-state index contributed by atoms with van der Waals surface area (Å²) < 4.78 is 26.5. The highest BCUT2D eigenvalue weighted by atomic mass is 19.3. The zero-order valence-corrected chi connectivity index (χ0v) is 10.7. The van der Waals surface area contributed by atoms with Crippen LogP contribution in [0, 0.1) is 18.3 Å². The molecule has 2 aromatic rings. The van der Waals surface area contributed by atoms with E-state index < -0.39 is 6.55 Å². The molecule has 0 aliphatic heterocycles. The standard InChI is InChI=1S/C11H11F2N7/c1-6-8(5-17-19-6)20(10(12)13)11-16-4-7(3-14)9(15-2)18-11/h4-5,10H,1-2H3,(H,17,19)(H,15,16,18). The Balaban J connectivity index is 2.51. The van der Waals surface area contributed by atoms with Crippen molar-refractivity contribution in [2.75, 3.05) is 17.3 Å². The first-order chi connectivity index (χ1) is 9.58. The summed E-state index contributed by atoms with van der Waals surface area (Å²) in [7, 11) is 1.54. The molecule has 20 heavy (non-hydrogen) atoms. The number of nitrogens with one attached hydrogen (secondary N) is 2. The van der Waals surface area contributed by atoms with Crippen molar-refractivity contribution >= 4 is 17.5 Å². The van der Waals surface area contributed by atoms with Crippen molar-refractivity contribution in [3.8, 4) is 6.07 Å². The average molecular weight is 279 g/mol. The van der Waals surface area contributed by atoms with E-state index in [2.05, 4.69) is 25.5 Å². The number of nitriles is 1. The van der Waals surface area contributed by atoms with E-state index in [1.54, 1.807) is 14.0 Å². The van der Waals surface area contributed by atoms with E-state index in [0.717, 1.165) is 0 Å². The lowest BCUT2D eigenvalue weighted by atomic mass is 10.3. The molecule has 2 aromatic heterocycles. The van der Waals surface area contributed by atoms with Crippen molar-refractivity contribution < 1.29 is 8.78 Å². The summed E-state index contributed by atoms with van der Waals surface area (Å²) in [5.41, 5.74) is 0.811. The van der Waals surface area contributed by atoms with Crippen molar-refractivity contribution in [1.82, 2.24) is 20.2 Å². The van der Waals surface area contributed by atoms with Gasteiger partial charge in [0.25, 0.3) is 0 Å². The second kappa shape index (κ2) is 5.48. The van der Waals surface area contributed by atoms with Gasteiger partial charge in [0.2, 0.25) is 5.95 Å². The maximum atomic E-state index is 13.3. The van der Waals surface area contributed by atoms with Crippen LogP contribution in [0.25, 0.3) is 0 Å². The van der Waals surface area contributed by atoms with Gasteiger partial charge >= 0.3 is 6.55 Å². The van der Waals surface area contributed by atoms with Crippen molar-refractivity contribution in [3.05, 3.63) is 23.7 Å². The third-order valence-corrected chi connectivity index (χ3v) is 2.61. The van der Waals surface area contributed by atoms with Gasteiger partial charge in [-0.1, -0.05) is 0 Å². The van der Waals surface area contributed by atoms with Crippen molar-refractivity contribution in [1.29, 1.82) is 5.26 Å². The van der Waals surface area contributed by atoms with Crippen LogP contribution in [0.5, 0.6) is 0 Å². The van der Waals surface area contributed by atoms with Crippen LogP contribution in [0.1, 0.15) is 11.3 Å². The average Bonchev–Trinajstić information content (AvgIpc) is 2.84. The molecule has 2 rings (SSSR count). The third-order valence-electron chi connectivity index (χ3n) is 2.61. The van der Waals surface area contributed by atoms with E-state index in [9.17, 15) is 8.78 Å². The Morgan fingerprint density at radius 1 is 1.45 bits per heavy atom. The number of aromatic nitrogens is 4. The van der Waals surface area contributed by atoms with E-state index in [-0.39, 0.29) is 23.0 Å². The molecule has 0 amide bonds. The van der Waals surface area contributed by atoms with Crippen molar-refractivity contribution in [2.45, 2.75) is 13.5 Å². The zero-order chi connectivity index (χ0) is 14.7. The Bertz CT molecular complexity index is 646. The molecule has 9 heteroatoms. The predicted molar refractivity (Wildman–Crippen MR) is 67.8 cm³/mol. The number of H-pyrrole nitrogens is 1. The van der Waals surface area contributed by atoms with Gasteiger partial charge in [0, 0.05) is 7.05 Å². The number of nitrogens with zero attached hydrogens (tertiary/aromatic N) is 5. The van der Waals surface area contributed by atoms with Crippen LogP contribution in [0.2, 0.25) is 0 Å². The Hall–Kier alpha value is -2.76. The summed E-state index contributed by atoms with van der Waals surface area (Å²) in [5, 5.41) is 17.8. The molecule has 0 bridgehead atoms. The first-order valence-electron chi connectivity index (χ1n) is 5.60. The van der Waals surface area contributed by atoms with Crippen molar-refractivity contribution in [3.63, 3.8) is 0 Å². The Labute approximate surface area is 113 Å². The molecule has 0 unspecified atom stereocenters. The molecule has 0 aliphatic carbocycles. The molecule has 0 atom stereocenters. The molecule has 2 N–H and O–H groups in total. The largest absolute Gasteiger partial charge is 0.372 e. The fraction of sp³-hybridized carbons (Fsp3) is 0.273. The fourth-order valence-electron chi connectivity index (χ4n) is 1.65. The van der Waals surface area contributed by atoms with E-state index in [0.29, 0.717) is 10.6 Å². The molecule has 0 fully saturated rings. The van der Waals surface area contributed by atoms with Gasteiger partial charge in [-0.3, -0.25) is 5.10 Å². The van der Waals surface area contributed by atoms with Crippen LogP contribution in [-0.2, 0) is 0 Å². The van der Waals surface area contributed by atoms with Crippen LogP contribution in [0.4, 0.5) is 26.2 Å². The first kappa shape index (κ1) is 13.7. The first-order valence-corrected chi connectivity index (χ1v) is 5.60. The Kier molecular flexibility index (Phi) is 3.74. The van der Waals surface area contributed by atoms with Gasteiger partial charge in [-0.15, -0.1) is 0 Å². The van der Waals surface area contributed by atoms with E-state index >= 15 is 0 Å². The molecular weight excluding hydrogens is 268 g/mol. The highest BCUT2D eigenvalue weighted by molar-refractivity contribution is 5.62. The number of hydrogen-bond donors (Lipinski definition) is 2. The topological polar surface area (TPSA) is 93.5 Å². The highest BCUT2D eigenvalue weighted by Crippen LogP contribution is 2.29. The molecular formula is C11H11F2N7. The van der Waals surface area contributed by atoms with Crippen LogP contribution in [0.15, 0.2) is 12.4 Å². The monoisotopic (exact) mass is 279 g/mol. The quantitative estimate of drug-likeness (QED) is 0.829. The normalized spacial score (nSPS) is 10.4. The molecule has 0 aromatic carbocycles. The minimum atomic E-state index is -2.84. The molecule has 104 valence electrons. The van der Waals surface area contributed by atoms with E-state index in [1.165, 1.54) is 12.4 Å². The second-order valence-corrected chi connectivity index (χ2v) is 3.82. The lowest BCUT2D eigenvalue weighted by Gasteiger charge is -2.21.